The first-order valence-corrected chi connectivity index (χ1v) is 3.97. The van der Waals surface area contributed by atoms with Gasteiger partial charge in [-0.3, -0.25) is 0 Å². The Bertz CT molecular complexity index is 108. The summed E-state index contributed by atoms with van der Waals surface area (Å²) < 4.78 is 5.50. The van der Waals surface area contributed by atoms with Crippen molar-refractivity contribution in [2.24, 2.45) is 5.92 Å². The second kappa shape index (κ2) is 2.89. The van der Waals surface area contributed by atoms with E-state index in [2.05, 4.69) is 13.8 Å². The van der Waals surface area contributed by atoms with Crippen LogP contribution in [0, 0.1) is 5.92 Å². The molecule has 1 heterocycles. The summed E-state index contributed by atoms with van der Waals surface area (Å²) in [6, 6.07) is 0. The molecule has 10 heavy (non-hydrogen) atoms. The number of aliphatic hydroxyl groups excluding tert-OH is 1. The number of ether oxygens (including phenoxy) is 1. The van der Waals surface area contributed by atoms with Crippen LogP contribution in [0.3, 0.4) is 0 Å². The van der Waals surface area contributed by atoms with Crippen LogP contribution in [0.1, 0.15) is 26.7 Å². The molecule has 1 saturated heterocycles. The molecule has 2 unspecified atom stereocenters. The molecule has 1 aliphatic heterocycles. The van der Waals surface area contributed by atoms with Gasteiger partial charge in [-0.05, 0) is 18.8 Å². The molecule has 0 spiro atoms. The highest BCUT2D eigenvalue weighted by Gasteiger charge is 2.36. The van der Waals surface area contributed by atoms with Gasteiger partial charge in [0.15, 0.2) is 0 Å². The fourth-order valence-corrected chi connectivity index (χ4v) is 1.54. The standard InChI is InChI=1S/C8H16O2/c1-3-8(6-9)4-7(2)5-10-8/h7,9H,3-6H2,1-2H3. The van der Waals surface area contributed by atoms with Gasteiger partial charge in [-0.25, -0.2) is 0 Å². The molecule has 0 bridgehead atoms. The van der Waals surface area contributed by atoms with Crippen LogP contribution in [0.25, 0.3) is 0 Å². The maximum absolute atomic E-state index is 9.01. The van der Waals surface area contributed by atoms with Crippen LogP contribution in [0.4, 0.5) is 0 Å². The van der Waals surface area contributed by atoms with Gasteiger partial charge in [-0.2, -0.15) is 0 Å². The van der Waals surface area contributed by atoms with Crippen molar-refractivity contribution in [3.8, 4) is 0 Å². The van der Waals surface area contributed by atoms with E-state index in [1.165, 1.54) is 0 Å². The van der Waals surface area contributed by atoms with Crippen molar-refractivity contribution in [3.05, 3.63) is 0 Å². The predicted octanol–water partition coefficient (Wildman–Crippen LogP) is 1.18. The van der Waals surface area contributed by atoms with Crippen molar-refractivity contribution >= 4 is 0 Å². The zero-order valence-electron chi connectivity index (χ0n) is 6.76. The van der Waals surface area contributed by atoms with Crippen LogP contribution >= 0.6 is 0 Å². The first-order valence-electron chi connectivity index (χ1n) is 3.97. The summed E-state index contributed by atoms with van der Waals surface area (Å²) in [5.74, 6) is 0.618. The van der Waals surface area contributed by atoms with Crippen LogP contribution in [0.5, 0.6) is 0 Å². The Labute approximate surface area is 62.2 Å². The molecule has 2 heteroatoms. The van der Waals surface area contributed by atoms with Gasteiger partial charge in [0.1, 0.15) is 0 Å². The molecule has 2 nitrogen and oxygen atoms in total. The zero-order chi connectivity index (χ0) is 7.61. The molecule has 1 rings (SSSR count). The highest BCUT2D eigenvalue weighted by atomic mass is 16.5. The average Bonchev–Trinajstić information content (AvgIpc) is 2.33. The Kier molecular flexibility index (Phi) is 2.32. The van der Waals surface area contributed by atoms with E-state index >= 15 is 0 Å². The van der Waals surface area contributed by atoms with Gasteiger partial charge in [0.05, 0.1) is 18.8 Å². The lowest BCUT2D eigenvalue weighted by Crippen LogP contribution is -2.31. The van der Waals surface area contributed by atoms with Crippen LogP contribution in [0.2, 0.25) is 0 Å². The zero-order valence-corrected chi connectivity index (χ0v) is 6.76. The van der Waals surface area contributed by atoms with Gasteiger partial charge in [-0.15, -0.1) is 0 Å². The predicted molar refractivity (Wildman–Crippen MR) is 39.8 cm³/mol. The normalized spacial score (nSPS) is 40.5. The Hall–Kier alpha value is -0.0800. The number of rotatable bonds is 2. The van der Waals surface area contributed by atoms with Crippen molar-refractivity contribution in [3.63, 3.8) is 0 Å². The minimum absolute atomic E-state index is 0.174. The molecule has 1 N–H and O–H groups in total. The molecule has 1 aliphatic rings. The van der Waals surface area contributed by atoms with Gasteiger partial charge in [0.25, 0.3) is 0 Å². The smallest absolute Gasteiger partial charge is 0.0913 e. The maximum Gasteiger partial charge on any atom is 0.0913 e. The second-order valence-electron chi connectivity index (χ2n) is 3.31. The largest absolute Gasteiger partial charge is 0.393 e. The van der Waals surface area contributed by atoms with E-state index in [1.54, 1.807) is 0 Å². The fraction of sp³-hybridized carbons (Fsp3) is 1.00. The third-order valence-electron chi connectivity index (χ3n) is 2.33. The van der Waals surface area contributed by atoms with E-state index in [4.69, 9.17) is 9.84 Å². The maximum atomic E-state index is 9.01. The second-order valence-corrected chi connectivity index (χ2v) is 3.31. The lowest BCUT2D eigenvalue weighted by molar-refractivity contribution is -0.0408. The highest BCUT2D eigenvalue weighted by Crippen LogP contribution is 2.31. The Morgan fingerprint density at radius 1 is 1.70 bits per heavy atom. The van der Waals surface area contributed by atoms with Gasteiger partial charge in [-0.1, -0.05) is 13.8 Å². The van der Waals surface area contributed by atoms with Gasteiger partial charge in [0.2, 0.25) is 0 Å². The molecule has 0 aliphatic carbocycles. The van der Waals surface area contributed by atoms with E-state index in [1.807, 2.05) is 0 Å². The van der Waals surface area contributed by atoms with Crippen molar-refractivity contribution in [2.45, 2.75) is 32.3 Å². The number of hydrogen-bond acceptors (Lipinski definition) is 2. The SMILES string of the molecule is CCC1(CO)CC(C)CO1. The third kappa shape index (κ3) is 1.32. The minimum Gasteiger partial charge on any atom is -0.393 e. The van der Waals surface area contributed by atoms with Crippen molar-refractivity contribution < 1.29 is 9.84 Å². The Morgan fingerprint density at radius 3 is 2.60 bits per heavy atom. The van der Waals surface area contributed by atoms with E-state index in [0.29, 0.717) is 5.92 Å². The summed E-state index contributed by atoms with van der Waals surface area (Å²) in [5.41, 5.74) is -0.195. The molecular weight excluding hydrogens is 128 g/mol. The first-order chi connectivity index (χ1) is 4.72. The van der Waals surface area contributed by atoms with Gasteiger partial charge >= 0.3 is 0 Å². The Morgan fingerprint density at radius 2 is 2.40 bits per heavy atom. The summed E-state index contributed by atoms with van der Waals surface area (Å²) >= 11 is 0. The summed E-state index contributed by atoms with van der Waals surface area (Å²) in [5, 5.41) is 9.01. The lowest BCUT2D eigenvalue weighted by Gasteiger charge is -2.23. The molecule has 2 atom stereocenters. The molecule has 60 valence electrons. The molecule has 0 aromatic heterocycles. The summed E-state index contributed by atoms with van der Waals surface area (Å²) in [7, 11) is 0. The van der Waals surface area contributed by atoms with Crippen LogP contribution in [0.15, 0.2) is 0 Å². The van der Waals surface area contributed by atoms with Gasteiger partial charge < -0.3 is 9.84 Å². The van der Waals surface area contributed by atoms with Crippen LogP contribution in [-0.2, 0) is 4.74 Å². The summed E-state index contributed by atoms with van der Waals surface area (Å²) in [6.07, 6.45) is 1.94. The number of hydrogen-bond donors (Lipinski definition) is 1. The summed E-state index contributed by atoms with van der Waals surface area (Å²) in [6.45, 7) is 5.21. The molecule has 0 aromatic rings. The Balaban J connectivity index is 2.51. The monoisotopic (exact) mass is 144 g/mol. The lowest BCUT2D eigenvalue weighted by atomic mass is 9.94. The summed E-state index contributed by atoms with van der Waals surface area (Å²) in [4.78, 5) is 0. The highest BCUT2D eigenvalue weighted by molar-refractivity contribution is 4.85. The van der Waals surface area contributed by atoms with E-state index in [0.717, 1.165) is 19.4 Å². The van der Waals surface area contributed by atoms with Crippen molar-refractivity contribution in [1.29, 1.82) is 0 Å². The molecule has 1 fully saturated rings. The molecule has 0 saturated carbocycles. The van der Waals surface area contributed by atoms with Gasteiger partial charge in [0, 0.05) is 0 Å². The van der Waals surface area contributed by atoms with E-state index < -0.39 is 0 Å². The molecule has 0 aromatic carbocycles. The van der Waals surface area contributed by atoms with Crippen molar-refractivity contribution in [1.82, 2.24) is 0 Å². The average molecular weight is 144 g/mol. The van der Waals surface area contributed by atoms with Crippen LogP contribution < -0.4 is 0 Å². The van der Waals surface area contributed by atoms with Crippen molar-refractivity contribution in [2.75, 3.05) is 13.2 Å². The van der Waals surface area contributed by atoms with E-state index in [9.17, 15) is 0 Å². The van der Waals surface area contributed by atoms with E-state index in [-0.39, 0.29) is 12.2 Å². The molecule has 0 amide bonds. The first kappa shape index (κ1) is 8.02. The third-order valence-corrected chi connectivity index (χ3v) is 2.33. The van der Waals surface area contributed by atoms with Crippen LogP contribution in [-0.4, -0.2) is 23.9 Å². The molecule has 0 radical (unpaired) electrons. The molecular formula is C8H16O2. The quantitative estimate of drug-likeness (QED) is 0.630. The fourth-order valence-electron chi connectivity index (χ4n) is 1.54. The number of aliphatic hydroxyl groups is 1. The minimum atomic E-state index is -0.195. The topological polar surface area (TPSA) is 29.5 Å².